The fourth-order valence-electron chi connectivity index (χ4n) is 2.23. The molecule has 1 aromatic heterocycles. The molecule has 0 radical (unpaired) electrons. The van der Waals surface area contributed by atoms with Gasteiger partial charge in [0.15, 0.2) is 0 Å². The molecule has 0 aliphatic rings. The molecule has 1 unspecified atom stereocenters. The zero-order valence-electron chi connectivity index (χ0n) is 12.5. The molecule has 3 nitrogen and oxygen atoms in total. The van der Waals surface area contributed by atoms with Gasteiger partial charge < -0.3 is 15.4 Å². The highest BCUT2D eigenvalue weighted by atomic mass is 32.1. The van der Waals surface area contributed by atoms with Crippen LogP contribution in [0.5, 0.6) is 5.75 Å². The number of hydrogen-bond acceptors (Lipinski definition) is 4. The number of nitrogens with zero attached hydrogens (tertiary/aromatic N) is 1. The van der Waals surface area contributed by atoms with Crippen LogP contribution in [-0.2, 0) is 6.42 Å². The number of anilines is 1. The maximum absolute atomic E-state index is 5.85. The summed E-state index contributed by atoms with van der Waals surface area (Å²) in [6, 6.07) is 10.4. The van der Waals surface area contributed by atoms with Crippen LogP contribution < -0.4 is 15.4 Å². The molecule has 2 aromatic rings. The average Bonchev–Trinajstić information content (AvgIpc) is 2.98. The Morgan fingerprint density at radius 3 is 2.76 bits per heavy atom. The molecule has 0 saturated carbocycles. The van der Waals surface area contributed by atoms with Crippen LogP contribution in [-0.4, -0.2) is 25.2 Å². The van der Waals surface area contributed by atoms with E-state index in [4.69, 9.17) is 22.7 Å². The summed E-state index contributed by atoms with van der Waals surface area (Å²) in [6.07, 6.45) is 0.988. The Kier molecular flexibility index (Phi) is 5.20. The van der Waals surface area contributed by atoms with E-state index in [1.54, 1.807) is 18.4 Å². The highest BCUT2D eigenvalue weighted by Crippen LogP contribution is 2.28. The van der Waals surface area contributed by atoms with Crippen molar-refractivity contribution in [3.63, 3.8) is 0 Å². The molecule has 0 aliphatic carbocycles. The van der Waals surface area contributed by atoms with E-state index in [9.17, 15) is 0 Å². The molecule has 0 spiro atoms. The van der Waals surface area contributed by atoms with Gasteiger partial charge in [0.25, 0.3) is 0 Å². The first-order chi connectivity index (χ1) is 10.0. The standard InChI is InChI=1S/C16H20N2OS2/c1-11(9-13-5-4-8-21-13)18(2)15-10-12(19-3)6-7-14(15)16(17)20/h4-8,10-11H,9H2,1-3H3,(H2,17,20). The average molecular weight is 320 g/mol. The Bertz CT molecular complexity index is 611. The Hall–Kier alpha value is -1.59. The van der Waals surface area contributed by atoms with E-state index in [0.29, 0.717) is 11.0 Å². The molecule has 1 atom stereocenters. The third-order valence-electron chi connectivity index (χ3n) is 3.59. The number of methoxy groups -OCH3 is 1. The SMILES string of the molecule is COc1ccc(C(N)=S)c(N(C)C(C)Cc2cccs2)c1. The first-order valence-corrected chi connectivity index (χ1v) is 8.04. The minimum atomic E-state index is 0.337. The van der Waals surface area contributed by atoms with Crippen molar-refractivity contribution in [3.8, 4) is 5.75 Å². The van der Waals surface area contributed by atoms with Gasteiger partial charge in [-0.1, -0.05) is 18.3 Å². The topological polar surface area (TPSA) is 38.5 Å². The van der Waals surface area contributed by atoms with Gasteiger partial charge in [0.2, 0.25) is 0 Å². The number of nitrogens with two attached hydrogens (primary N) is 1. The summed E-state index contributed by atoms with van der Waals surface area (Å²) in [5.74, 6) is 0.806. The molecule has 0 aliphatic heterocycles. The molecular formula is C16H20N2OS2. The van der Waals surface area contributed by atoms with E-state index in [2.05, 4.69) is 36.4 Å². The first kappa shape index (κ1) is 15.8. The van der Waals surface area contributed by atoms with Crippen molar-refractivity contribution in [1.29, 1.82) is 0 Å². The maximum Gasteiger partial charge on any atom is 0.120 e. The largest absolute Gasteiger partial charge is 0.497 e. The van der Waals surface area contributed by atoms with Gasteiger partial charge in [-0.3, -0.25) is 0 Å². The molecule has 0 fully saturated rings. The summed E-state index contributed by atoms with van der Waals surface area (Å²) in [5.41, 5.74) is 7.73. The molecule has 0 saturated heterocycles. The van der Waals surface area contributed by atoms with Crippen molar-refractivity contribution in [2.75, 3.05) is 19.1 Å². The number of thiophene rings is 1. The van der Waals surface area contributed by atoms with E-state index >= 15 is 0 Å². The Labute approximate surface area is 135 Å². The highest BCUT2D eigenvalue weighted by molar-refractivity contribution is 7.80. The van der Waals surface area contributed by atoms with Gasteiger partial charge >= 0.3 is 0 Å². The fourth-order valence-corrected chi connectivity index (χ4v) is 3.23. The second-order valence-corrected chi connectivity index (χ2v) is 6.46. The number of ether oxygens (including phenoxy) is 1. The highest BCUT2D eigenvalue weighted by Gasteiger charge is 2.16. The van der Waals surface area contributed by atoms with E-state index in [0.717, 1.165) is 23.4 Å². The summed E-state index contributed by atoms with van der Waals surface area (Å²) >= 11 is 6.94. The Morgan fingerprint density at radius 1 is 1.43 bits per heavy atom. The summed E-state index contributed by atoms with van der Waals surface area (Å²) in [4.78, 5) is 3.98. The molecule has 21 heavy (non-hydrogen) atoms. The molecular weight excluding hydrogens is 300 g/mol. The smallest absolute Gasteiger partial charge is 0.120 e. The minimum absolute atomic E-state index is 0.337. The zero-order chi connectivity index (χ0) is 15.4. The number of rotatable bonds is 6. The Morgan fingerprint density at radius 2 is 2.19 bits per heavy atom. The summed E-state index contributed by atoms with van der Waals surface area (Å²) < 4.78 is 5.32. The molecule has 0 amide bonds. The van der Waals surface area contributed by atoms with Crippen LogP contribution in [0, 0.1) is 0 Å². The summed E-state index contributed by atoms with van der Waals surface area (Å²) in [5, 5.41) is 2.11. The van der Waals surface area contributed by atoms with Crippen molar-refractivity contribution in [2.24, 2.45) is 5.73 Å². The lowest BCUT2D eigenvalue weighted by atomic mass is 10.1. The molecule has 2 N–H and O–H groups in total. The lowest BCUT2D eigenvalue weighted by molar-refractivity contribution is 0.414. The van der Waals surface area contributed by atoms with Crippen LogP contribution in [0.2, 0.25) is 0 Å². The van der Waals surface area contributed by atoms with Gasteiger partial charge in [-0.05, 0) is 30.5 Å². The van der Waals surface area contributed by atoms with Crippen LogP contribution in [0.1, 0.15) is 17.4 Å². The van der Waals surface area contributed by atoms with Crippen molar-refractivity contribution in [1.82, 2.24) is 0 Å². The number of hydrogen-bond donors (Lipinski definition) is 1. The van der Waals surface area contributed by atoms with Gasteiger partial charge in [0.1, 0.15) is 10.7 Å². The monoisotopic (exact) mass is 320 g/mol. The summed E-state index contributed by atoms with van der Waals surface area (Å²) in [6.45, 7) is 2.20. The van der Waals surface area contributed by atoms with E-state index in [1.807, 2.05) is 18.2 Å². The predicted molar refractivity (Wildman–Crippen MR) is 94.8 cm³/mol. The van der Waals surface area contributed by atoms with Crippen LogP contribution in [0.3, 0.4) is 0 Å². The Balaban J connectivity index is 2.27. The third kappa shape index (κ3) is 3.74. The van der Waals surface area contributed by atoms with Crippen LogP contribution in [0.4, 0.5) is 5.69 Å². The lowest BCUT2D eigenvalue weighted by Crippen LogP contribution is -2.32. The molecule has 112 valence electrons. The molecule has 0 bridgehead atoms. The van der Waals surface area contributed by atoms with Crippen molar-refractivity contribution in [2.45, 2.75) is 19.4 Å². The summed E-state index contributed by atoms with van der Waals surface area (Å²) in [7, 11) is 3.73. The van der Waals surface area contributed by atoms with E-state index in [1.165, 1.54) is 4.88 Å². The second-order valence-electron chi connectivity index (χ2n) is 4.99. The number of benzene rings is 1. The quantitative estimate of drug-likeness (QED) is 0.827. The number of thiocarbonyl (C=S) groups is 1. The van der Waals surface area contributed by atoms with Crippen LogP contribution in [0.15, 0.2) is 35.7 Å². The van der Waals surface area contributed by atoms with Gasteiger partial charge in [-0.2, -0.15) is 0 Å². The first-order valence-electron chi connectivity index (χ1n) is 6.76. The van der Waals surface area contributed by atoms with Crippen LogP contribution in [0.25, 0.3) is 0 Å². The van der Waals surface area contributed by atoms with Crippen molar-refractivity contribution in [3.05, 3.63) is 46.2 Å². The molecule has 1 heterocycles. The third-order valence-corrected chi connectivity index (χ3v) is 4.71. The molecule has 5 heteroatoms. The normalized spacial score (nSPS) is 12.0. The van der Waals surface area contributed by atoms with E-state index in [-0.39, 0.29) is 0 Å². The van der Waals surface area contributed by atoms with Gasteiger partial charge in [0, 0.05) is 36.0 Å². The fraction of sp³-hybridized carbons (Fsp3) is 0.312. The molecule has 2 rings (SSSR count). The lowest BCUT2D eigenvalue weighted by Gasteiger charge is -2.29. The van der Waals surface area contributed by atoms with Gasteiger partial charge in [-0.25, -0.2) is 0 Å². The van der Waals surface area contributed by atoms with Gasteiger partial charge in [0.05, 0.1) is 12.8 Å². The van der Waals surface area contributed by atoms with Crippen molar-refractivity contribution < 1.29 is 4.74 Å². The molecule has 1 aromatic carbocycles. The second kappa shape index (κ2) is 6.91. The van der Waals surface area contributed by atoms with Crippen molar-refractivity contribution >= 4 is 34.2 Å². The van der Waals surface area contributed by atoms with Gasteiger partial charge in [-0.15, -0.1) is 11.3 Å². The van der Waals surface area contributed by atoms with E-state index < -0.39 is 0 Å². The number of likely N-dealkylation sites (N-methyl/N-ethyl adjacent to an activating group) is 1. The maximum atomic E-state index is 5.85. The zero-order valence-corrected chi connectivity index (χ0v) is 14.1. The van der Waals surface area contributed by atoms with Crippen LogP contribution >= 0.6 is 23.6 Å². The minimum Gasteiger partial charge on any atom is -0.497 e. The predicted octanol–water partition coefficient (Wildman–Crippen LogP) is 3.46.